The molecule has 5 nitrogen and oxygen atoms in total. The second-order valence-corrected chi connectivity index (χ2v) is 4.78. The van der Waals surface area contributed by atoms with Crippen LogP contribution in [0.1, 0.15) is 37.3 Å². The molecule has 1 saturated carbocycles. The Balaban J connectivity index is 2.04. The van der Waals surface area contributed by atoms with Crippen LogP contribution < -0.4 is 5.73 Å². The van der Waals surface area contributed by atoms with Crippen molar-refractivity contribution < 1.29 is 5.21 Å². The lowest BCUT2D eigenvalue weighted by atomic mass is 10.1. The Hall–Kier alpha value is -2.04. The molecule has 18 heavy (non-hydrogen) atoms. The number of fused-ring (bicyclic) bond motifs is 1. The van der Waals surface area contributed by atoms with Gasteiger partial charge >= 0.3 is 0 Å². The van der Waals surface area contributed by atoms with E-state index in [2.05, 4.69) is 14.7 Å². The lowest BCUT2D eigenvalue weighted by Gasteiger charge is -2.12. The Bertz CT molecular complexity index is 596. The van der Waals surface area contributed by atoms with Gasteiger partial charge in [0.1, 0.15) is 0 Å². The lowest BCUT2D eigenvalue weighted by Crippen LogP contribution is -2.12. The van der Waals surface area contributed by atoms with Gasteiger partial charge in [0.2, 0.25) is 0 Å². The Morgan fingerprint density at radius 2 is 2.17 bits per heavy atom. The minimum absolute atomic E-state index is 0.118. The van der Waals surface area contributed by atoms with Crippen LogP contribution in [0.25, 0.3) is 11.0 Å². The molecular formula is C13H16N4O. The van der Waals surface area contributed by atoms with Crippen LogP contribution in [0.3, 0.4) is 0 Å². The highest BCUT2D eigenvalue weighted by molar-refractivity contribution is 5.99. The van der Waals surface area contributed by atoms with E-state index in [1.54, 1.807) is 0 Å². The first-order valence-corrected chi connectivity index (χ1v) is 6.24. The van der Waals surface area contributed by atoms with Crippen LogP contribution in [0.5, 0.6) is 0 Å². The molecule has 0 bridgehead atoms. The molecule has 94 valence electrons. The van der Waals surface area contributed by atoms with Crippen molar-refractivity contribution in [1.82, 2.24) is 9.55 Å². The van der Waals surface area contributed by atoms with E-state index >= 15 is 0 Å². The SMILES string of the molecule is N/C(=N\O)c1ccc2c(c1)ncn2C1CCCC1. The summed E-state index contributed by atoms with van der Waals surface area (Å²) in [6.45, 7) is 0. The molecule has 0 spiro atoms. The van der Waals surface area contributed by atoms with Gasteiger partial charge in [-0.3, -0.25) is 0 Å². The summed E-state index contributed by atoms with van der Waals surface area (Å²) in [6, 6.07) is 6.29. The average Bonchev–Trinajstić information content (AvgIpc) is 3.05. The standard InChI is InChI=1S/C13H16N4O/c14-13(16-18)9-5-6-12-11(7-9)15-8-17(12)10-3-1-2-4-10/h5-8,10,18H,1-4H2,(H2,14,16). The topological polar surface area (TPSA) is 76.4 Å². The first-order valence-electron chi connectivity index (χ1n) is 6.24. The third-order valence-electron chi connectivity index (χ3n) is 3.70. The van der Waals surface area contributed by atoms with Crippen molar-refractivity contribution in [2.24, 2.45) is 10.9 Å². The van der Waals surface area contributed by atoms with Gasteiger partial charge in [-0.15, -0.1) is 0 Å². The fourth-order valence-electron chi connectivity index (χ4n) is 2.72. The van der Waals surface area contributed by atoms with Gasteiger partial charge in [0.05, 0.1) is 17.4 Å². The average molecular weight is 244 g/mol. The molecule has 1 aromatic carbocycles. The number of amidine groups is 1. The van der Waals surface area contributed by atoms with Gasteiger partial charge in [-0.2, -0.15) is 0 Å². The molecule has 0 aliphatic heterocycles. The molecule has 1 fully saturated rings. The van der Waals surface area contributed by atoms with E-state index in [4.69, 9.17) is 10.9 Å². The van der Waals surface area contributed by atoms with Crippen molar-refractivity contribution in [3.63, 3.8) is 0 Å². The van der Waals surface area contributed by atoms with E-state index in [1.807, 2.05) is 24.5 Å². The van der Waals surface area contributed by atoms with Gasteiger partial charge in [-0.25, -0.2) is 4.98 Å². The van der Waals surface area contributed by atoms with Crippen LogP contribution in [-0.2, 0) is 0 Å². The zero-order valence-corrected chi connectivity index (χ0v) is 10.1. The van der Waals surface area contributed by atoms with Gasteiger partial charge in [-0.05, 0) is 31.0 Å². The second-order valence-electron chi connectivity index (χ2n) is 4.78. The zero-order chi connectivity index (χ0) is 12.5. The molecule has 3 rings (SSSR count). The summed E-state index contributed by atoms with van der Waals surface area (Å²) >= 11 is 0. The van der Waals surface area contributed by atoms with Crippen LogP contribution in [0.15, 0.2) is 29.7 Å². The Morgan fingerprint density at radius 3 is 2.89 bits per heavy atom. The third-order valence-corrected chi connectivity index (χ3v) is 3.70. The fourth-order valence-corrected chi connectivity index (χ4v) is 2.72. The highest BCUT2D eigenvalue weighted by atomic mass is 16.4. The minimum Gasteiger partial charge on any atom is -0.409 e. The summed E-state index contributed by atoms with van der Waals surface area (Å²) in [4.78, 5) is 4.41. The number of oxime groups is 1. The molecule has 1 aromatic heterocycles. The van der Waals surface area contributed by atoms with Crippen LogP contribution in [0.2, 0.25) is 0 Å². The third kappa shape index (κ3) is 1.72. The maximum Gasteiger partial charge on any atom is 0.170 e. The number of imidazole rings is 1. The largest absolute Gasteiger partial charge is 0.409 e. The summed E-state index contributed by atoms with van der Waals surface area (Å²) in [6.07, 6.45) is 6.96. The van der Waals surface area contributed by atoms with Crippen molar-refractivity contribution in [3.8, 4) is 0 Å². The number of hydrogen-bond acceptors (Lipinski definition) is 3. The zero-order valence-electron chi connectivity index (χ0n) is 10.1. The van der Waals surface area contributed by atoms with Crippen LogP contribution in [0, 0.1) is 0 Å². The van der Waals surface area contributed by atoms with E-state index in [9.17, 15) is 0 Å². The molecule has 0 unspecified atom stereocenters. The van der Waals surface area contributed by atoms with Gasteiger partial charge in [0.15, 0.2) is 5.84 Å². The maximum absolute atomic E-state index is 8.68. The summed E-state index contributed by atoms with van der Waals surface area (Å²) < 4.78 is 2.25. The molecule has 0 atom stereocenters. The monoisotopic (exact) mass is 244 g/mol. The highest BCUT2D eigenvalue weighted by Gasteiger charge is 2.18. The molecule has 2 aromatic rings. The molecule has 0 radical (unpaired) electrons. The number of aromatic nitrogens is 2. The van der Waals surface area contributed by atoms with Crippen LogP contribution in [-0.4, -0.2) is 20.6 Å². The molecule has 3 N–H and O–H groups in total. The predicted octanol–water partition coefficient (Wildman–Crippen LogP) is 2.25. The molecule has 0 saturated heterocycles. The number of hydrogen-bond donors (Lipinski definition) is 2. The van der Waals surface area contributed by atoms with Crippen LogP contribution in [0.4, 0.5) is 0 Å². The first kappa shape index (κ1) is 11.1. The summed E-state index contributed by atoms with van der Waals surface area (Å²) in [5.74, 6) is 0.118. The van der Waals surface area contributed by atoms with Crippen molar-refractivity contribution in [1.29, 1.82) is 0 Å². The summed E-state index contributed by atoms with van der Waals surface area (Å²) in [5.41, 5.74) is 8.29. The quantitative estimate of drug-likeness (QED) is 0.368. The van der Waals surface area contributed by atoms with Gasteiger partial charge < -0.3 is 15.5 Å². The number of nitrogens with zero attached hydrogens (tertiary/aromatic N) is 3. The number of benzene rings is 1. The van der Waals surface area contributed by atoms with E-state index < -0.39 is 0 Å². The highest BCUT2D eigenvalue weighted by Crippen LogP contribution is 2.32. The van der Waals surface area contributed by atoms with Crippen molar-refractivity contribution in [2.75, 3.05) is 0 Å². The normalized spacial score (nSPS) is 17.7. The summed E-state index contributed by atoms with van der Waals surface area (Å²) in [7, 11) is 0. The molecule has 5 heteroatoms. The fraction of sp³-hybridized carbons (Fsp3) is 0.385. The van der Waals surface area contributed by atoms with Crippen molar-refractivity contribution >= 4 is 16.9 Å². The molecule has 1 heterocycles. The van der Waals surface area contributed by atoms with E-state index in [1.165, 1.54) is 25.7 Å². The first-order chi connectivity index (χ1) is 8.79. The summed E-state index contributed by atoms with van der Waals surface area (Å²) in [5, 5.41) is 11.7. The molecule has 1 aliphatic carbocycles. The lowest BCUT2D eigenvalue weighted by molar-refractivity contribution is 0.318. The Labute approximate surface area is 105 Å². The Kier molecular flexibility index (Phi) is 2.66. The Morgan fingerprint density at radius 1 is 1.39 bits per heavy atom. The minimum atomic E-state index is 0.118. The number of nitrogens with two attached hydrogens (primary N) is 1. The van der Waals surface area contributed by atoms with E-state index in [0.717, 1.165) is 11.0 Å². The molecular weight excluding hydrogens is 228 g/mol. The smallest absolute Gasteiger partial charge is 0.170 e. The molecule has 0 amide bonds. The van der Waals surface area contributed by atoms with Crippen molar-refractivity contribution in [3.05, 3.63) is 30.1 Å². The van der Waals surface area contributed by atoms with Gasteiger partial charge in [-0.1, -0.05) is 18.0 Å². The van der Waals surface area contributed by atoms with E-state index in [-0.39, 0.29) is 5.84 Å². The second kappa shape index (κ2) is 4.33. The molecule has 1 aliphatic rings. The van der Waals surface area contributed by atoms with Crippen molar-refractivity contribution in [2.45, 2.75) is 31.7 Å². The van der Waals surface area contributed by atoms with Gasteiger partial charge in [0, 0.05) is 11.6 Å². The van der Waals surface area contributed by atoms with Gasteiger partial charge in [0.25, 0.3) is 0 Å². The number of rotatable bonds is 2. The van der Waals surface area contributed by atoms with E-state index in [0.29, 0.717) is 11.6 Å². The predicted molar refractivity (Wildman–Crippen MR) is 69.7 cm³/mol. The maximum atomic E-state index is 8.68. The van der Waals surface area contributed by atoms with Crippen LogP contribution >= 0.6 is 0 Å².